The Bertz CT molecular complexity index is 168. The molecular weight excluding hydrogens is 172 g/mol. The second-order valence-electron chi connectivity index (χ2n) is 2.57. The summed E-state index contributed by atoms with van der Waals surface area (Å²) in [5, 5.41) is 26.6. The first-order valence-corrected chi connectivity index (χ1v) is 4.48. The number of hydrogen-bond donors (Lipinski definition) is 1. The topological polar surface area (TPSA) is 67.4 Å². The molecule has 0 aliphatic carbocycles. The van der Waals surface area contributed by atoms with Gasteiger partial charge in [0.15, 0.2) is 11.5 Å². The standard InChI is InChI=1S/C7H18N4O2/c1-4-9(5-2)11(13)10(12)7-6-8-3/h8H,4-7H2,1-3H3/b11-10+. The van der Waals surface area contributed by atoms with Gasteiger partial charge >= 0.3 is 0 Å². The molecular formula is C7H18N4O2. The molecule has 0 saturated heterocycles. The fraction of sp³-hybridized carbons (Fsp3) is 1.00. The van der Waals surface area contributed by atoms with Crippen LogP contribution in [-0.2, 0) is 0 Å². The lowest BCUT2D eigenvalue weighted by Crippen LogP contribution is -2.37. The first kappa shape index (κ1) is 12.0. The first-order valence-electron chi connectivity index (χ1n) is 4.48. The van der Waals surface area contributed by atoms with Gasteiger partial charge in [0.25, 0.3) is 0 Å². The Balaban J connectivity index is 4.21. The van der Waals surface area contributed by atoms with Crippen LogP contribution in [0, 0.1) is 10.4 Å². The summed E-state index contributed by atoms with van der Waals surface area (Å²) >= 11 is 0. The Morgan fingerprint density at radius 3 is 2.15 bits per heavy atom. The van der Waals surface area contributed by atoms with E-state index in [2.05, 4.69) is 5.32 Å². The van der Waals surface area contributed by atoms with Crippen molar-refractivity contribution in [2.75, 3.05) is 33.2 Å². The Hall–Kier alpha value is -1.04. The molecule has 0 aliphatic heterocycles. The molecule has 78 valence electrons. The second kappa shape index (κ2) is 6.47. The number of hydrogen-bond acceptors (Lipinski definition) is 3. The predicted octanol–water partition coefficient (Wildman–Crippen LogP) is -0.0646. The molecule has 0 spiro atoms. The molecule has 0 unspecified atom stereocenters. The molecule has 0 saturated carbocycles. The van der Waals surface area contributed by atoms with E-state index in [0.717, 1.165) is 0 Å². The van der Waals surface area contributed by atoms with E-state index in [1.54, 1.807) is 7.05 Å². The molecule has 0 aromatic heterocycles. The van der Waals surface area contributed by atoms with Gasteiger partial charge in [-0.15, -0.1) is 0 Å². The fourth-order valence-corrected chi connectivity index (χ4v) is 0.900. The van der Waals surface area contributed by atoms with Crippen LogP contribution in [0.15, 0.2) is 0 Å². The zero-order valence-electron chi connectivity index (χ0n) is 8.49. The van der Waals surface area contributed by atoms with Gasteiger partial charge < -0.3 is 15.7 Å². The molecule has 0 aromatic carbocycles. The molecule has 0 radical (unpaired) electrons. The summed E-state index contributed by atoms with van der Waals surface area (Å²) < 4.78 is 0. The summed E-state index contributed by atoms with van der Waals surface area (Å²) in [6, 6.07) is 0. The van der Waals surface area contributed by atoms with Crippen molar-refractivity contribution in [3.63, 3.8) is 0 Å². The summed E-state index contributed by atoms with van der Waals surface area (Å²) in [6.45, 7) is 5.41. The SMILES string of the molecule is CCN(CC)/[N+]([O-])=[N+](\[O-])CCNC. The lowest BCUT2D eigenvalue weighted by molar-refractivity contribution is -1.04. The molecule has 0 bridgehead atoms. The minimum atomic E-state index is 0.163. The summed E-state index contributed by atoms with van der Waals surface area (Å²) in [5.41, 5.74) is 0. The maximum Gasteiger partial charge on any atom is 0.164 e. The average molecular weight is 190 g/mol. The van der Waals surface area contributed by atoms with Crippen LogP contribution in [0.4, 0.5) is 0 Å². The van der Waals surface area contributed by atoms with Crippen LogP contribution in [0.3, 0.4) is 0 Å². The van der Waals surface area contributed by atoms with Crippen LogP contribution in [0.2, 0.25) is 0 Å². The largest absolute Gasteiger partial charge is 0.663 e. The van der Waals surface area contributed by atoms with Gasteiger partial charge in [-0.3, -0.25) is 0 Å². The zero-order valence-corrected chi connectivity index (χ0v) is 8.49. The quantitative estimate of drug-likeness (QED) is 0.362. The van der Waals surface area contributed by atoms with Gasteiger partial charge in [0.05, 0.1) is 0 Å². The number of likely N-dealkylation sites (N-methyl/N-ethyl adjacent to an activating group) is 1. The lowest BCUT2D eigenvalue weighted by atomic mass is 10.6. The van der Waals surface area contributed by atoms with Crippen molar-refractivity contribution in [3.05, 3.63) is 10.4 Å². The maximum absolute atomic E-state index is 11.2. The van der Waals surface area contributed by atoms with Crippen molar-refractivity contribution in [1.82, 2.24) is 10.3 Å². The highest BCUT2D eigenvalue weighted by atomic mass is 16.6. The van der Waals surface area contributed by atoms with E-state index < -0.39 is 0 Å². The summed E-state index contributed by atoms with van der Waals surface area (Å²) in [4.78, 5) is 0.779. The summed E-state index contributed by atoms with van der Waals surface area (Å²) in [5.74, 6) is 0. The summed E-state index contributed by atoms with van der Waals surface area (Å²) in [7, 11) is 1.74. The Kier molecular flexibility index (Phi) is 5.96. The first-order chi connectivity index (χ1) is 6.17. The van der Waals surface area contributed by atoms with Crippen LogP contribution < -0.4 is 5.32 Å². The maximum atomic E-state index is 11.2. The predicted molar refractivity (Wildman–Crippen MR) is 49.0 cm³/mol. The second-order valence-corrected chi connectivity index (χ2v) is 2.57. The normalized spacial score (nSPS) is 12.5. The van der Waals surface area contributed by atoms with Crippen LogP contribution in [0.5, 0.6) is 0 Å². The smallest absolute Gasteiger partial charge is 0.164 e. The number of hydroxylamine groups is 1. The lowest BCUT2D eigenvalue weighted by Gasteiger charge is -2.13. The van der Waals surface area contributed by atoms with Crippen molar-refractivity contribution in [1.29, 1.82) is 0 Å². The Morgan fingerprint density at radius 1 is 1.23 bits per heavy atom. The molecule has 0 fully saturated rings. The number of nitrogens with zero attached hydrogens (tertiary/aromatic N) is 3. The van der Waals surface area contributed by atoms with Crippen LogP contribution in [-0.4, -0.2) is 48.1 Å². The summed E-state index contributed by atoms with van der Waals surface area (Å²) in [6.07, 6.45) is 0. The number of hydrazine groups is 1. The molecule has 0 atom stereocenters. The molecule has 13 heavy (non-hydrogen) atoms. The van der Waals surface area contributed by atoms with Gasteiger partial charge in [-0.1, -0.05) is 0 Å². The van der Waals surface area contributed by atoms with E-state index >= 15 is 0 Å². The zero-order chi connectivity index (χ0) is 10.3. The van der Waals surface area contributed by atoms with Gasteiger partial charge in [0.1, 0.15) is 13.1 Å². The minimum Gasteiger partial charge on any atom is -0.663 e. The molecule has 6 heteroatoms. The fourth-order valence-electron chi connectivity index (χ4n) is 0.900. The Labute approximate surface area is 78.6 Å². The molecule has 0 rings (SSSR count). The van der Waals surface area contributed by atoms with Crippen molar-refractivity contribution in [2.45, 2.75) is 13.8 Å². The molecule has 0 aromatic rings. The molecule has 1 N–H and O–H groups in total. The third-order valence-corrected chi connectivity index (χ3v) is 1.72. The van der Waals surface area contributed by atoms with E-state index in [9.17, 15) is 10.4 Å². The van der Waals surface area contributed by atoms with E-state index in [1.807, 2.05) is 13.8 Å². The minimum absolute atomic E-state index is 0.163. The third-order valence-electron chi connectivity index (χ3n) is 1.72. The number of nitrogens with one attached hydrogen (secondary N) is 1. The average Bonchev–Trinajstić information content (AvgIpc) is 2.15. The highest BCUT2D eigenvalue weighted by Gasteiger charge is 2.15. The van der Waals surface area contributed by atoms with Crippen LogP contribution >= 0.6 is 0 Å². The van der Waals surface area contributed by atoms with Crippen molar-refractivity contribution in [3.8, 4) is 0 Å². The van der Waals surface area contributed by atoms with Gasteiger partial charge in [0, 0.05) is 6.54 Å². The highest BCUT2D eigenvalue weighted by molar-refractivity contribution is 4.31. The Morgan fingerprint density at radius 2 is 1.77 bits per heavy atom. The number of rotatable bonds is 6. The van der Waals surface area contributed by atoms with E-state index in [-0.39, 0.29) is 6.54 Å². The van der Waals surface area contributed by atoms with Gasteiger partial charge in [-0.25, -0.2) is 0 Å². The molecule has 0 aliphatic rings. The van der Waals surface area contributed by atoms with Crippen molar-refractivity contribution in [2.24, 2.45) is 0 Å². The van der Waals surface area contributed by atoms with Crippen molar-refractivity contribution < 1.29 is 9.83 Å². The van der Waals surface area contributed by atoms with Gasteiger partial charge in [-0.2, -0.15) is 0 Å². The van der Waals surface area contributed by atoms with Crippen molar-refractivity contribution >= 4 is 0 Å². The van der Waals surface area contributed by atoms with Gasteiger partial charge in [-0.05, 0) is 30.8 Å². The molecule has 6 nitrogen and oxygen atoms in total. The third kappa shape index (κ3) is 3.93. The molecule has 0 amide bonds. The highest BCUT2D eigenvalue weighted by Crippen LogP contribution is 1.88. The van der Waals surface area contributed by atoms with E-state index in [0.29, 0.717) is 29.5 Å². The van der Waals surface area contributed by atoms with Crippen LogP contribution in [0.1, 0.15) is 13.8 Å². The van der Waals surface area contributed by atoms with Gasteiger partial charge in [0.2, 0.25) is 0 Å². The van der Waals surface area contributed by atoms with Crippen LogP contribution in [0.25, 0.3) is 0 Å². The van der Waals surface area contributed by atoms with E-state index in [1.165, 1.54) is 5.01 Å². The van der Waals surface area contributed by atoms with E-state index in [4.69, 9.17) is 0 Å². The monoisotopic (exact) mass is 190 g/mol. The molecule has 0 heterocycles.